The molecule has 1 fully saturated rings. The molecule has 2 rings (SSSR count). The zero-order chi connectivity index (χ0) is 19.0. The maximum atomic E-state index is 12.0. The number of nitrogens with zero attached hydrogens (tertiary/aromatic N) is 1. The number of benzene rings is 1. The van der Waals surface area contributed by atoms with E-state index in [1.165, 1.54) is 6.42 Å². The van der Waals surface area contributed by atoms with Gasteiger partial charge in [0, 0.05) is 26.1 Å². The van der Waals surface area contributed by atoms with Crippen molar-refractivity contribution >= 4 is 23.4 Å². The monoisotopic (exact) mass is 373 g/mol. The Kier molecular flexibility index (Phi) is 7.11. The molecule has 6 nitrogen and oxygen atoms in total. The summed E-state index contributed by atoms with van der Waals surface area (Å²) in [6.45, 7) is 0.0849. The molecular formula is C17H22F3N3O3. The van der Waals surface area contributed by atoms with Crippen LogP contribution in [0.2, 0.25) is 0 Å². The molecule has 0 unspecified atom stereocenters. The zero-order valence-corrected chi connectivity index (χ0v) is 14.3. The number of carbonyl (C=O) groups excluding carboxylic acids is 2. The van der Waals surface area contributed by atoms with E-state index in [-0.39, 0.29) is 18.9 Å². The first-order valence-electron chi connectivity index (χ1n) is 8.46. The van der Waals surface area contributed by atoms with E-state index in [9.17, 15) is 22.8 Å². The number of para-hydroxylation sites is 2. The summed E-state index contributed by atoms with van der Waals surface area (Å²) in [5, 5.41) is 4.90. The third kappa shape index (κ3) is 6.81. The number of halogens is 3. The van der Waals surface area contributed by atoms with Crippen LogP contribution in [0.25, 0.3) is 0 Å². The minimum Gasteiger partial charge on any atom is -0.440 e. The highest BCUT2D eigenvalue weighted by atomic mass is 19.4. The van der Waals surface area contributed by atoms with E-state index in [1.807, 2.05) is 18.2 Å². The van der Waals surface area contributed by atoms with Crippen molar-refractivity contribution in [3.8, 4) is 0 Å². The van der Waals surface area contributed by atoms with Gasteiger partial charge in [-0.15, -0.1) is 0 Å². The Morgan fingerprint density at radius 3 is 2.50 bits per heavy atom. The summed E-state index contributed by atoms with van der Waals surface area (Å²) in [5.41, 5.74) is 1.62. The summed E-state index contributed by atoms with van der Waals surface area (Å²) in [6.07, 6.45) is -2.45. The standard InChI is InChI=1S/C17H22F3N3O3/c18-17(19,20)12-26-16(25)21-9-8-15(24)22-13-6-2-3-7-14(13)23-10-4-1-5-11-23/h2-3,6-7H,1,4-5,8-12H2,(H,21,25)(H,22,24). The van der Waals surface area contributed by atoms with Crippen LogP contribution in [0.1, 0.15) is 25.7 Å². The van der Waals surface area contributed by atoms with E-state index in [1.54, 1.807) is 6.07 Å². The van der Waals surface area contributed by atoms with Gasteiger partial charge in [0.15, 0.2) is 6.61 Å². The maximum Gasteiger partial charge on any atom is 0.422 e. The van der Waals surface area contributed by atoms with Crippen molar-refractivity contribution < 1.29 is 27.5 Å². The molecule has 1 saturated heterocycles. The Hall–Kier alpha value is -2.45. The van der Waals surface area contributed by atoms with Gasteiger partial charge in [-0.1, -0.05) is 12.1 Å². The molecule has 0 atom stereocenters. The second-order valence-corrected chi connectivity index (χ2v) is 5.98. The van der Waals surface area contributed by atoms with Gasteiger partial charge in [0.1, 0.15) is 0 Å². The number of hydrogen-bond acceptors (Lipinski definition) is 4. The minimum atomic E-state index is -4.58. The number of nitrogens with one attached hydrogen (secondary N) is 2. The van der Waals surface area contributed by atoms with Crippen LogP contribution < -0.4 is 15.5 Å². The number of ether oxygens (including phenoxy) is 1. The number of alkyl carbamates (subject to hydrolysis) is 1. The molecule has 0 aliphatic carbocycles. The molecule has 2 N–H and O–H groups in total. The second kappa shape index (κ2) is 9.30. The fourth-order valence-corrected chi connectivity index (χ4v) is 2.68. The molecule has 2 amide bonds. The van der Waals surface area contributed by atoms with Gasteiger partial charge < -0.3 is 20.3 Å². The number of amides is 2. The van der Waals surface area contributed by atoms with E-state index < -0.39 is 18.9 Å². The fraction of sp³-hybridized carbons (Fsp3) is 0.529. The van der Waals surface area contributed by atoms with Crippen molar-refractivity contribution in [2.24, 2.45) is 0 Å². The van der Waals surface area contributed by atoms with E-state index >= 15 is 0 Å². The van der Waals surface area contributed by atoms with E-state index in [2.05, 4.69) is 20.3 Å². The van der Waals surface area contributed by atoms with Gasteiger partial charge in [-0.3, -0.25) is 4.79 Å². The first-order valence-corrected chi connectivity index (χ1v) is 8.46. The van der Waals surface area contributed by atoms with Crippen molar-refractivity contribution in [3.63, 3.8) is 0 Å². The largest absolute Gasteiger partial charge is 0.440 e. The lowest BCUT2D eigenvalue weighted by atomic mass is 10.1. The Morgan fingerprint density at radius 1 is 1.12 bits per heavy atom. The Morgan fingerprint density at radius 2 is 1.81 bits per heavy atom. The minimum absolute atomic E-state index is 0.0740. The summed E-state index contributed by atoms with van der Waals surface area (Å²) in [6, 6.07) is 7.45. The Labute approximate surface area is 149 Å². The molecule has 1 aromatic rings. The summed E-state index contributed by atoms with van der Waals surface area (Å²) in [4.78, 5) is 25.4. The summed E-state index contributed by atoms with van der Waals surface area (Å²) >= 11 is 0. The highest BCUT2D eigenvalue weighted by Crippen LogP contribution is 2.28. The van der Waals surface area contributed by atoms with Gasteiger partial charge in [-0.25, -0.2) is 4.79 Å². The molecule has 1 heterocycles. The van der Waals surface area contributed by atoms with Gasteiger partial charge in [0.05, 0.1) is 11.4 Å². The highest BCUT2D eigenvalue weighted by molar-refractivity contribution is 5.94. The second-order valence-electron chi connectivity index (χ2n) is 5.98. The lowest BCUT2D eigenvalue weighted by molar-refractivity contribution is -0.160. The molecule has 0 spiro atoms. The fourth-order valence-electron chi connectivity index (χ4n) is 2.68. The predicted molar refractivity (Wildman–Crippen MR) is 91.2 cm³/mol. The number of rotatable bonds is 6. The molecule has 0 radical (unpaired) electrons. The van der Waals surface area contributed by atoms with Gasteiger partial charge in [0.2, 0.25) is 5.91 Å². The van der Waals surface area contributed by atoms with Crippen LogP contribution in [0.3, 0.4) is 0 Å². The summed E-state index contributed by atoms with van der Waals surface area (Å²) < 4.78 is 39.8. The summed E-state index contributed by atoms with van der Waals surface area (Å²) in [7, 11) is 0. The normalized spacial score (nSPS) is 14.7. The van der Waals surface area contributed by atoms with E-state index in [4.69, 9.17) is 0 Å². The van der Waals surface area contributed by atoms with Crippen LogP contribution in [-0.4, -0.2) is 44.4 Å². The third-order valence-electron chi connectivity index (χ3n) is 3.86. The quantitative estimate of drug-likeness (QED) is 0.803. The first-order chi connectivity index (χ1) is 12.3. The molecule has 9 heteroatoms. The first kappa shape index (κ1) is 19.9. The third-order valence-corrected chi connectivity index (χ3v) is 3.86. The molecule has 0 aromatic heterocycles. The summed E-state index contributed by atoms with van der Waals surface area (Å²) in [5.74, 6) is -0.342. The maximum absolute atomic E-state index is 12.0. The average Bonchev–Trinajstić information content (AvgIpc) is 2.60. The van der Waals surface area contributed by atoms with Crippen LogP contribution in [0, 0.1) is 0 Å². The van der Waals surface area contributed by atoms with Crippen molar-refractivity contribution in [3.05, 3.63) is 24.3 Å². The average molecular weight is 373 g/mol. The molecule has 1 aliphatic heterocycles. The lowest BCUT2D eigenvalue weighted by Gasteiger charge is -2.30. The Balaban J connectivity index is 1.78. The number of anilines is 2. The number of carbonyl (C=O) groups is 2. The van der Waals surface area contributed by atoms with Crippen LogP contribution >= 0.6 is 0 Å². The molecule has 144 valence electrons. The van der Waals surface area contributed by atoms with Crippen LogP contribution in [-0.2, 0) is 9.53 Å². The Bertz CT molecular complexity index is 617. The van der Waals surface area contributed by atoms with Crippen LogP contribution in [0.5, 0.6) is 0 Å². The van der Waals surface area contributed by atoms with Crippen LogP contribution in [0.4, 0.5) is 29.3 Å². The van der Waals surface area contributed by atoms with Gasteiger partial charge >= 0.3 is 12.3 Å². The zero-order valence-electron chi connectivity index (χ0n) is 14.3. The van der Waals surface area contributed by atoms with E-state index in [0.29, 0.717) is 5.69 Å². The van der Waals surface area contributed by atoms with Crippen molar-refractivity contribution in [1.29, 1.82) is 0 Å². The van der Waals surface area contributed by atoms with Crippen molar-refractivity contribution in [1.82, 2.24) is 5.32 Å². The molecule has 0 saturated carbocycles. The molecule has 0 bridgehead atoms. The lowest BCUT2D eigenvalue weighted by Crippen LogP contribution is -2.32. The molecule has 1 aliphatic rings. The smallest absolute Gasteiger partial charge is 0.422 e. The van der Waals surface area contributed by atoms with Crippen molar-refractivity contribution in [2.45, 2.75) is 31.9 Å². The SMILES string of the molecule is O=C(CCNC(=O)OCC(F)(F)F)Nc1ccccc1N1CCCCC1. The number of alkyl halides is 3. The van der Waals surface area contributed by atoms with Gasteiger partial charge in [-0.2, -0.15) is 13.2 Å². The van der Waals surface area contributed by atoms with Gasteiger partial charge in [0.25, 0.3) is 0 Å². The topological polar surface area (TPSA) is 70.7 Å². The predicted octanol–water partition coefficient (Wildman–Crippen LogP) is 3.29. The number of piperidine rings is 1. The number of hydrogen-bond donors (Lipinski definition) is 2. The van der Waals surface area contributed by atoms with Crippen LogP contribution in [0.15, 0.2) is 24.3 Å². The molecule has 26 heavy (non-hydrogen) atoms. The molecular weight excluding hydrogens is 351 g/mol. The van der Waals surface area contributed by atoms with E-state index in [0.717, 1.165) is 31.6 Å². The van der Waals surface area contributed by atoms with Crippen molar-refractivity contribution in [2.75, 3.05) is 36.5 Å². The van der Waals surface area contributed by atoms with Gasteiger partial charge in [-0.05, 0) is 31.4 Å². The highest BCUT2D eigenvalue weighted by Gasteiger charge is 2.29. The molecule has 1 aromatic carbocycles.